The number of carbonyl (C=O) groups excluding carboxylic acids is 2. The van der Waals surface area contributed by atoms with E-state index in [1.54, 1.807) is 35.2 Å². The highest BCUT2D eigenvalue weighted by atomic mass is 35.5. The van der Waals surface area contributed by atoms with Crippen LogP contribution in [0, 0.1) is 5.82 Å². The van der Waals surface area contributed by atoms with Gasteiger partial charge in [-0.2, -0.15) is 0 Å². The molecule has 0 atom stereocenters. The molecule has 6 nitrogen and oxygen atoms in total. The van der Waals surface area contributed by atoms with E-state index in [9.17, 15) is 14.0 Å². The molecule has 4 rings (SSSR count). The first-order valence-electron chi connectivity index (χ1n) is 12.7. The smallest absolute Gasteiger partial charge is 0.317 e. The van der Waals surface area contributed by atoms with Crippen molar-refractivity contribution in [1.29, 1.82) is 0 Å². The Morgan fingerprint density at radius 3 is 2.33 bits per heavy atom. The zero-order valence-electron chi connectivity index (χ0n) is 20.4. The summed E-state index contributed by atoms with van der Waals surface area (Å²) in [6.07, 6.45) is 5.55. The van der Waals surface area contributed by atoms with E-state index in [2.05, 4.69) is 10.2 Å². The van der Waals surface area contributed by atoms with Crippen LogP contribution < -0.4 is 5.32 Å². The molecule has 1 N–H and O–H groups in total. The molecule has 0 spiro atoms. The summed E-state index contributed by atoms with van der Waals surface area (Å²) in [6, 6.07) is 11.4. The molecule has 1 heterocycles. The number of hydrogen-bond donors (Lipinski definition) is 1. The predicted octanol–water partition coefficient (Wildman–Crippen LogP) is 5.43. The maximum absolute atomic E-state index is 13.4. The van der Waals surface area contributed by atoms with Crippen LogP contribution in [0.1, 0.15) is 48.0 Å². The molecule has 0 bridgehead atoms. The highest BCUT2D eigenvalue weighted by molar-refractivity contribution is 6.36. The number of benzene rings is 2. The molecular formula is C27H33Cl2FN4O2. The standard InChI is InChI=1S/C27H33Cl2FN4O2/c28-21-8-11-24(25(29)18-21)26(35)33-15-12-32(13-16-33)14-17-34(19-20-6-9-22(30)10-7-20)27(36)31-23-4-2-1-3-5-23/h6-11,18,23H,1-5,12-17,19H2,(H,31,36). The van der Waals surface area contributed by atoms with Gasteiger partial charge in [-0.05, 0) is 48.7 Å². The summed E-state index contributed by atoms with van der Waals surface area (Å²) >= 11 is 12.2. The van der Waals surface area contributed by atoms with Crippen LogP contribution in [0.4, 0.5) is 9.18 Å². The normalized spacial score (nSPS) is 17.1. The van der Waals surface area contributed by atoms with Gasteiger partial charge in [-0.15, -0.1) is 0 Å². The Labute approximate surface area is 222 Å². The van der Waals surface area contributed by atoms with E-state index >= 15 is 0 Å². The van der Waals surface area contributed by atoms with E-state index in [1.165, 1.54) is 18.6 Å². The highest BCUT2D eigenvalue weighted by Gasteiger charge is 2.25. The quantitative estimate of drug-likeness (QED) is 0.514. The van der Waals surface area contributed by atoms with Crippen LogP contribution in [0.25, 0.3) is 0 Å². The molecule has 1 saturated heterocycles. The number of nitrogens with one attached hydrogen (secondary N) is 1. The Hall–Kier alpha value is -2.35. The van der Waals surface area contributed by atoms with Crippen molar-refractivity contribution in [3.8, 4) is 0 Å². The summed E-state index contributed by atoms with van der Waals surface area (Å²) in [5.74, 6) is -0.384. The molecule has 9 heteroatoms. The lowest BCUT2D eigenvalue weighted by Gasteiger charge is -2.36. The predicted molar refractivity (Wildman–Crippen MR) is 141 cm³/mol. The summed E-state index contributed by atoms with van der Waals surface area (Å²) in [5, 5.41) is 4.06. The van der Waals surface area contributed by atoms with Crippen LogP contribution in [0.5, 0.6) is 0 Å². The van der Waals surface area contributed by atoms with Crippen LogP contribution in [-0.2, 0) is 6.54 Å². The Morgan fingerprint density at radius 2 is 1.67 bits per heavy atom. The first-order valence-corrected chi connectivity index (χ1v) is 13.4. The van der Waals surface area contributed by atoms with E-state index in [4.69, 9.17) is 23.2 Å². The molecule has 0 unspecified atom stereocenters. The minimum absolute atomic E-state index is 0.0718. The number of hydrogen-bond acceptors (Lipinski definition) is 3. The van der Waals surface area contributed by atoms with Gasteiger partial charge in [0.25, 0.3) is 5.91 Å². The minimum atomic E-state index is -0.288. The van der Waals surface area contributed by atoms with Crippen molar-refractivity contribution in [3.63, 3.8) is 0 Å². The largest absolute Gasteiger partial charge is 0.336 e. The molecule has 3 amide bonds. The van der Waals surface area contributed by atoms with E-state index in [0.29, 0.717) is 61.4 Å². The third-order valence-electron chi connectivity index (χ3n) is 7.01. The summed E-state index contributed by atoms with van der Waals surface area (Å²) in [7, 11) is 0. The second kappa shape index (κ2) is 12.7. The van der Waals surface area contributed by atoms with Crippen molar-refractivity contribution in [2.75, 3.05) is 39.3 Å². The van der Waals surface area contributed by atoms with Crippen molar-refractivity contribution in [3.05, 3.63) is 69.5 Å². The SMILES string of the molecule is O=C(NC1CCCCC1)N(CCN1CCN(C(=O)c2ccc(Cl)cc2Cl)CC1)Cc1ccc(F)cc1. The van der Waals surface area contributed by atoms with Gasteiger partial charge >= 0.3 is 6.03 Å². The number of carbonyl (C=O) groups is 2. The number of piperazine rings is 1. The Balaban J connectivity index is 1.32. The monoisotopic (exact) mass is 534 g/mol. The molecule has 194 valence electrons. The molecule has 2 aromatic rings. The van der Waals surface area contributed by atoms with Crippen molar-refractivity contribution in [2.45, 2.75) is 44.7 Å². The Kier molecular flexibility index (Phi) is 9.46. The minimum Gasteiger partial charge on any atom is -0.336 e. The van der Waals surface area contributed by atoms with Gasteiger partial charge in [0, 0.05) is 56.9 Å². The highest BCUT2D eigenvalue weighted by Crippen LogP contribution is 2.23. The van der Waals surface area contributed by atoms with Gasteiger partial charge in [0.2, 0.25) is 0 Å². The van der Waals surface area contributed by atoms with Crippen molar-refractivity contribution >= 4 is 35.1 Å². The molecule has 0 aromatic heterocycles. The summed E-state index contributed by atoms with van der Waals surface area (Å²) in [4.78, 5) is 31.9. The molecule has 2 fully saturated rings. The number of amides is 3. The molecular weight excluding hydrogens is 502 g/mol. The van der Waals surface area contributed by atoms with E-state index < -0.39 is 0 Å². The molecule has 1 saturated carbocycles. The molecule has 2 aliphatic rings. The lowest BCUT2D eigenvalue weighted by Crippen LogP contribution is -2.52. The van der Waals surface area contributed by atoms with Crippen LogP contribution in [0.2, 0.25) is 10.0 Å². The summed E-state index contributed by atoms with van der Waals surface area (Å²) in [5.41, 5.74) is 1.35. The molecule has 1 aliphatic heterocycles. The fourth-order valence-corrected chi connectivity index (χ4v) is 5.33. The maximum atomic E-state index is 13.4. The summed E-state index contributed by atoms with van der Waals surface area (Å²) in [6.45, 7) is 4.27. The maximum Gasteiger partial charge on any atom is 0.317 e. The first kappa shape index (κ1) is 26.7. The lowest BCUT2D eigenvalue weighted by atomic mass is 9.96. The third kappa shape index (κ3) is 7.34. The Bertz CT molecular complexity index is 1040. The van der Waals surface area contributed by atoms with Crippen LogP contribution in [-0.4, -0.2) is 71.9 Å². The number of nitrogens with zero attached hydrogens (tertiary/aromatic N) is 3. The molecule has 36 heavy (non-hydrogen) atoms. The zero-order valence-corrected chi connectivity index (χ0v) is 21.9. The Morgan fingerprint density at radius 1 is 0.972 bits per heavy atom. The average Bonchev–Trinajstić information content (AvgIpc) is 2.88. The number of urea groups is 1. The van der Waals surface area contributed by atoms with Crippen molar-refractivity contribution in [2.24, 2.45) is 0 Å². The van der Waals surface area contributed by atoms with Crippen LogP contribution >= 0.6 is 23.2 Å². The summed E-state index contributed by atoms with van der Waals surface area (Å²) < 4.78 is 13.4. The third-order valence-corrected chi connectivity index (χ3v) is 7.56. The zero-order chi connectivity index (χ0) is 25.5. The van der Waals surface area contributed by atoms with Gasteiger partial charge in [0.15, 0.2) is 0 Å². The van der Waals surface area contributed by atoms with Gasteiger partial charge in [-0.1, -0.05) is 54.6 Å². The average molecular weight is 535 g/mol. The molecule has 0 radical (unpaired) electrons. The van der Waals surface area contributed by atoms with E-state index in [1.807, 2.05) is 4.90 Å². The van der Waals surface area contributed by atoms with Crippen molar-refractivity contribution in [1.82, 2.24) is 20.0 Å². The number of halogens is 3. The van der Waals surface area contributed by atoms with Gasteiger partial charge < -0.3 is 15.1 Å². The van der Waals surface area contributed by atoms with Gasteiger partial charge in [0.05, 0.1) is 10.6 Å². The topological polar surface area (TPSA) is 55.9 Å². The van der Waals surface area contributed by atoms with E-state index in [-0.39, 0.29) is 23.8 Å². The van der Waals surface area contributed by atoms with Crippen LogP contribution in [0.3, 0.4) is 0 Å². The lowest BCUT2D eigenvalue weighted by molar-refractivity contribution is 0.0627. The second-order valence-electron chi connectivity index (χ2n) is 9.59. The van der Waals surface area contributed by atoms with Crippen LogP contribution in [0.15, 0.2) is 42.5 Å². The van der Waals surface area contributed by atoms with Crippen molar-refractivity contribution < 1.29 is 14.0 Å². The fraction of sp³-hybridized carbons (Fsp3) is 0.481. The second-order valence-corrected chi connectivity index (χ2v) is 10.4. The first-order chi connectivity index (χ1) is 17.4. The van der Waals surface area contributed by atoms with Gasteiger partial charge in [-0.3, -0.25) is 9.69 Å². The van der Waals surface area contributed by atoms with E-state index in [0.717, 1.165) is 31.2 Å². The number of rotatable bonds is 7. The fourth-order valence-electron chi connectivity index (χ4n) is 4.85. The molecule has 2 aromatic carbocycles. The van der Waals surface area contributed by atoms with Gasteiger partial charge in [-0.25, -0.2) is 9.18 Å². The van der Waals surface area contributed by atoms with Gasteiger partial charge in [0.1, 0.15) is 5.82 Å². The molecule has 1 aliphatic carbocycles.